The van der Waals surface area contributed by atoms with Gasteiger partial charge >= 0.3 is 0 Å². The lowest BCUT2D eigenvalue weighted by molar-refractivity contribution is 0.101. The first-order valence-electron chi connectivity index (χ1n) is 15.9. The van der Waals surface area contributed by atoms with E-state index in [4.69, 9.17) is 26.8 Å². The topological polar surface area (TPSA) is 138 Å². The Kier molecular flexibility index (Phi) is 17.5. The number of nitrogens with two attached hydrogens (primary N) is 1. The zero-order valence-electron chi connectivity index (χ0n) is 30.1. The fraction of sp³-hybridized carbons (Fsp3) is 0.310. The molecule has 0 aliphatic rings. The van der Waals surface area contributed by atoms with Crippen LogP contribution in [-0.4, -0.2) is 5.78 Å². The monoisotopic (exact) mass is 793 g/mol. The summed E-state index contributed by atoms with van der Waals surface area (Å²) in [6.45, 7) is 14.8. The summed E-state index contributed by atoms with van der Waals surface area (Å²) in [5, 5.41) is 35.0. The van der Waals surface area contributed by atoms with E-state index in [2.05, 4.69) is 56.1 Å². The highest BCUT2D eigenvalue weighted by Gasteiger charge is 2.20. The Labute approximate surface area is 315 Å². The Hall–Kier alpha value is -4.57. The van der Waals surface area contributed by atoms with Crippen LogP contribution in [0.1, 0.15) is 99.6 Å². The normalized spacial score (nSPS) is 11.1. The van der Waals surface area contributed by atoms with Gasteiger partial charge in [0.2, 0.25) is 0 Å². The smallest absolute Gasteiger partial charge is 0.159 e. The molecule has 2 N–H and O–H groups in total. The van der Waals surface area contributed by atoms with Crippen molar-refractivity contribution < 1.29 is 4.79 Å². The highest BCUT2D eigenvalue weighted by Crippen LogP contribution is 2.25. The lowest BCUT2D eigenvalue weighted by Crippen LogP contribution is -2.14. The van der Waals surface area contributed by atoms with E-state index in [-0.39, 0.29) is 17.2 Å². The number of ketones is 1. The number of halogens is 2. The molecule has 0 spiro atoms. The molecule has 1 unspecified atom stereocenters. The van der Waals surface area contributed by atoms with Crippen LogP contribution in [0, 0.1) is 45.3 Å². The van der Waals surface area contributed by atoms with Crippen molar-refractivity contribution >= 4 is 37.6 Å². The Morgan fingerprint density at radius 1 is 0.620 bits per heavy atom. The van der Waals surface area contributed by atoms with Gasteiger partial charge in [0.15, 0.2) is 5.78 Å². The van der Waals surface area contributed by atoms with Gasteiger partial charge in [0, 0.05) is 20.6 Å². The van der Waals surface area contributed by atoms with Gasteiger partial charge in [-0.05, 0) is 107 Å². The van der Waals surface area contributed by atoms with Crippen molar-refractivity contribution in [3.8, 4) is 24.3 Å². The maximum absolute atomic E-state index is 11.0. The molecular weight excluding hydrogens is 750 g/mol. The number of nitriles is 4. The third kappa shape index (κ3) is 14.5. The number of carbonyl (C=O) groups excluding carboxylic acids is 1. The minimum absolute atomic E-state index is 0.0475. The predicted octanol–water partition coefficient (Wildman–Crippen LogP) is 11.0. The molecule has 0 aliphatic carbocycles. The van der Waals surface area contributed by atoms with Gasteiger partial charge in [0.25, 0.3) is 0 Å². The van der Waals surface area contributed by atoms with Crippen LogP contribution in [-0.2, 0) is 22.7 Å². The van der Waals surface area contributed by atoms with Gasteiger partial charge in [-0.25, -0.2) is 0 Å². The molecule has 6 nitrogen and oxygen atoms in total. The number of carbonyl (C=O) groups is 1. The number of nitrogens with zero attached hydrogens (tertiary/aromatic N) is 4. The first-order valence-corrected chi connectivity index (χ1v) is 17.5. The van der Waals surface area contributed by atoms with E-state index in [0.717, 1.165) is 36.8 Å². The van der Waals surface area contributed by atoms with Crippen LogP contribution >= 0.6 is 31.9 Å². The molecule has 0 amide bonds. The van der Waals surface area contributed by atoms with Crippen molar-refractivity contribution in [2.24, 2.45) is 5.73 Å². The molecule has 0 fully saturated rings. The standard InChI is InChI=1S/C12H16N2.C12H13NO.C10H10BrN.C8H6BrN/c2*1-9(14)10-4-6-11(7-5-10)12(2,3)8-13;1-10(2,7-12)8-3-5-9(11)6-4-8;9-8-3-1-7(2-4-8)5-6-10/h4-7,9H,14H2,1-3H3;4-7H,1-3H3;3-6H,1-2H3;1-4H,5H2. The third-order valence-corrected chi connectivity index (χ3v) is 8.83. The molecule has 0 aromatic heterocycles. The summed E-state index contributed by atoms with van der Waals surface area (Å²) in [6, 6.07) is 39.6. The molecule has 0 aliphatic heterocycles. The van der Waals surface area contributed by atoms with Crippen molar-refractivity contribution in [3.05, 3.63) is 139 Å². The van der Waals surface area contributed by atoms with Crippen molar-refractivity contribution in [1.29, 1.82) is 21.0 Å². The Morgan fingerprint density at radius 3 is 1.24 bits per heavy atom. The molecular formula is C42H45Br2N5O. The maximum Gasteiger partial charge on any atom is 0.159 e. The minimum Gasteiger partial charge on any atom is -0.324 e. The molecule has 258 valence electrons. The molecule has 1 atom stereocenters. The summed E-state index contributed by atoms with van der Waals surface area (Å²) in [5.41, 5.74) is 10.3. The zero-order chi connectivity index (χ0) is 38.1. The van der Waals surface area contributed by atoms with Gasteiger partial charge in [-0.3, -0.25) is 4.79 Å². The van der Waals surface area contributed by atoms with Crippen LogP contribution in [0.5, 0.6) is 0 Å². The lowest BCUT2D eigenvalue weighted by Gasteiger charge is -2.16. The Morgan fingerprint density at radius 2 is 0.940 bits per heavy atom. The van der Waals surface area contributed by atoms with E-state index in [1.807, 2.05) is 133 Å². The highest BCUT2D eigenvalue weighted by molar-refractivity contribution is 9.10. The molecule has 4 rings (SSSR count). The molecule has 50 heavy (non-hydrogen) atoms. The van der Waals surface area contributed by atoms with E-state index in [1.165, 1.54) is 6.92 Å². The van der Waals surface area contributed by atoms with Gasteiger partial charge in [0.05, 0.1) is 46.9 Å². The van der Waals surface area contributed by atoms with Crippen LogP contribution in [0.25, 0.3) is 0 Å². The number of hydrogen-bond acceptors (Lipinski definition) is 6. The first-order chi connectivity index (χ1) is 23.3. The van der Waals surface area contributed by atoms with Gasteiger partial charge < -0.3 is 5.73 Å². The molecule has 0 bridgehead atoms. The zero-order valence-corrected chi connectivity index (χ0v) is 33.2. The lowest BCUT2D eigenvalue weighted by atomic mass is 9.86. The van der Waals surface area contributed by atoms with E-state index < -0.39 is 10.8 Å². The summed E-state index contributed by atoms with van der Waals surface area (Å²) in [4.78, 5) is 11.0. The van der Waals surface area contributed by atoms with E-state index in [0.29, 0.717) is 12.0 Å². The van der Waals surface area contributed by atoms with Crippen LogP contribution in [0.2, 0.25) is 0 Å². The van der Waals surface area contributed by atoms with E-state index in [1.54, 1.807) is 12.1 Å². The number of hydrogen-bond donors (Lipinski definition) is 1. The summed E-state index contributed by atoms with van der Waals surface area (Å²) in [6.07, 6.45) is 0.493. The molecule has 4 aromatic carbocycles. The number of rotatable bonds is 6. The van der Waals surface area contributed by atoms with Crippen molar-refractivity contribution in [1.82, 2.24) is 0 Å². The highest BCUT2D eigenvalue weighted by atomic mass is 79.9. The summed E-state index contributed by atoms with van der Waals surface area (Å²) < 4.78 is 2.09. The van der Waals surface area contributed by atoms with E-state index >= 15 is 0 Å². The fourth-order valence-electron chi connectivity index (χ4n) is 4.08. The van der Waals surface area contributed by atoms with Gasteiger partial charge in [0.1, 0.15) is 0 Å². The van der Waals surface area contributed by atoms with Gasteiger partial charge in [-0.1, -0.05) is 105 Å². The van der Waals surface area contributed by atoms with Crippen LogP contribution < -0.4 is 5.73 Å². The van der Waals surface area contributed by atoms with Crippen molar-refractivity contribution in [2.75, 3.05) is 0 Å². The van der Waals surface area contributed by atoms with Crippen molar-refractivity contribution in [2.45, 2.75) is 84.1 Å². The van der Waals surface area contributed by atoms with Crippen LogP contribution in [0.15, 0.2) is 106 Å². The molecule has 8 heteroatoms. The number of benzene rings is 4. The van der Waals surface area contributed by atoms with Crippen molar-refractivity contribution in [3.63, 3.8) is 0 Å². The number of Topliss-reactive ketones (excluding diaryl/α,β-unsaturated/α-hetero) is 1. The third-order valence-electron chi connectivity index (χ3n) is 7.77. The maximum atomic E-state index is 11.0. The largest absolute Gasteiger partial charge is 0.324 e. The second-order valence-corrected chi connectivity index (χ2v) is 15.1. The Balaban J connectivity index is 0.000000336. The van der Waals surface area contributed by atoms with Gasteiger partial charge in [-0.15, -0.1) is 0 Å². The quantitative estimate of drug-likeness (QED) is 0.193. The molecule has 0 saturated carbocycles. The Bertz CT molecular complexity index is 1830. The second kappa shape index (κ2) is 20.2. The summed E-state index contributed by atoms with van der Waals surface area (Å²) in [5.74, 6) is 0.0475. The predicted molar refractivity (Wildman–Crippen MR) is 209 cm³/mol. The van der Waals surface area contributed by atoms with E-state index in [9.17, 15) is 4.79 Å². The molecule has 4 aromatic rings. The molecule has 0 saturated heterocycles. The second-order valence-electron chi connectivity index (χ2n) is 13.2. The first kappa shape index (κ1) is 43.5. The van der Waals surface area contributed by atoms with Gasteiger partial charge in [-0.2, -0.15) is 21.0 Å². The molecule has 0 radical (unpaired) electrons. The van der Waals surface area contributed by atoms with Crippen LogP contribution in [0.4, 0.5) is 0 Å². The molecule has 0 heterocycles. The summed E-state index contributed by atoms with van der Waals surface area (Å²) in [7, 11) is 0. The summed E-state index contributed by atoms with van der Waals surface area (Å²) >= 11 is 6.66. The minimum atomic E-state index is -0.491. The average Bonchev–Trinajstić information content (AvgIpc) is 3.10. The fourth-order valence-corrected chi connectivity index (χ4v) is 4.61. The SMILES string of the molecule is CC(=O)c1ccc(C(C)(C)C#N)cc1.CC(C)(C#N)c1ccc(Br)cc1.CC(N)c1ccc(C(C)(C)C#N)cc1.N#CCc1ccc(Br)cc1. The van der Waals surface area contributed by atoms with Crippen LogP contribution in [0.3, 0.4) is 0 Å². The average molecular weight is 796 g/mol.